The highest BCUT2D eigenvalue weighted by atomic mass is 14.6. The van der Waals surface area contributed by atoms with Gasteiger partial charge in [-0.25, -0.2) is 0 Å². The van der Waals surface area contributed by atoms with Crippen molar-refractivity contribution in [3.8, 4) is 0 Å². The number of hydrogen-bond donors (Lipinski definition) is 0. The van der Waals surface area contributed by atoms with Crippen LogP contribution in [0.5, 0.6) is 0 Å². The lowest BCUT2D eigenvalue weighted by Gasteiger charge is -2.30. The highest BCUT2D eigenvalue weighted by Gasteiger charge is 2.54. The summed E-state index contributed by atoms with van der Waals surface area (Å²) in [4.78, 5) is 0. The smallest absolute Gasteiger partial charge is 0.0241 e. The fraction of sp³-hybridized carbons (Fsp3) is 1.00. The third-order valence-corrected chi connectivity index (χ3v) is 5.95. The minimum Gasteiger partial charge on any atom is -0.0651 e. The van der Waals surface area contributed by atoms with Crippen molar-refractivity contribution in [2.75, 3.05) is 0 Å². The topological polar surface area (TPSA) is 0 Å². The lowest BCUT2D eigenvalue weighted by atomic mass is 9.75. The third-order valence-electron chi connectivity index (χ3n) is 5.95. The van der Waals surface area contributed by atoms with Crippen molar-refractivity contribution in [2.24, 2.45) is 29.1 Å². The van der Waals surface area contributed by atoms with Gasteiger partial charge in [0.25, 0.3) is 0 Å². The molecule has 0 nitrogen and oxygen atoms in total. The Bertz CT molecular complexity index is 220. The zero-order valence-electron chi connectivity index (χ0n) is 13.1. The fourth-order valence-electron chi connectivity index (χ4n) is 3.63. The van der Waals surface area contributed by atoms with Crippen molar-refractivity contribution in [1.82, 2.24) is 0 Å². The monoisotopic (exact) mass is 238 g/mol. The van der Waals surface area contributed by atoms with Crippen LogP contribution in [0, 0.1) is 29.1 Å². The summed E-state index contributed by atoms with van der Waals surface area (Å²) in [7, 11) is 0. The van der Waals surface area contributed by atoms with Gasteiger partial charge >= 0.3 is 0 Å². The molecule has 0 saturated heterocycles. The second-order valence-corrected chi connectivity index (χ2v) is 6.92. The largest absolute Gasteiger partial charge is 0.0651 e. The van der Waals surface area contributed by atoms with Crippen LogP contribution >= 0.6 is 0 Å². The fourth-order valence-corrected chi connectivity index (χ4v) is 3.63. The number of rotatable bonds is 8. The lowest BCUT2D eigenvalue weighted by molar-refractivity contribution is 0.196. The minimum atomic E-state index is 0.725. The van der Waals surface area contributed by atoms with Gasteiger partial charge in [0.15, 0.2) is 0 Å². The summed E-state index contributed by atoms with van der Waals surface area (Å²) >= 11 is 0. The van der Waals surface area contributed by atoms with E-state index in [0.29, 0.717) is 0 Å². The molecule has 5 atom stereocenters. The Morgan fingerprint density at radius 3 is 2.12 bits per heavy atom. The van der Waals surface area contributed by atoms with Crippen LogP contribution in [0.15, 0.2) is 0 Å². The van der Waals surface area contributed by atoms with Crippen LogP contribution in [0.3, 0.4) is 0 Å². The van der Waals surface area contributed by atoms with E-state index in [1.807, 2.05) is 0 Å². The first-order valence-electron chi connectivity index (χ1n) is 7.97. The van der Waals surface area contributed by atoms with E-state index in [1.54, 1.807) is 0 Å². The Morgan fingerprint density at radius 2 is 1.71 bits per heavy atom. The lowest BCUT2D eigenvalue weighted by Crippen LogP contribution is -2.22. The van der Waals surface area contributed by atoms with Crippen LogP contribution in [-0.4, -0.2) is 0 Å². The predicted molar refractivity (Wildman–Crippen MR) is 78.1 cm³/mol. The van der Waals surface area contributed by atoms with Crippen molar-refractivity contribution in [3.05, 3.63) is 0 Å². The molecule has 0 aromatic heterocycles. The van der Waals surface area contributed by atoms with Gasteiger partial charge < -0.3 is 0 Å². The third kappa shape index (κ3) is 3.48. The molecule has 0 aromatic carbocycles. The minimum absolute atomic E-state index is 0.725. The summed E-state index contributed by atoms with van der Waals surface area (Å²) in [6.45, 7) is 14.5. The molecule has 0 aliphatic heterocycles. The Labute approximate surface area is 110 Å². The molecule has 0 bridgehead atoms. The van der Waals surface area contributed by atoms with Gasteiger partial charge in [0.2, 0.25) is 0 Å². The quantitative estimate of drug-likeness (QED) is 0.493. The van der Waals surface area contributed by atoms with E-state index in [2.05, 4.69) is 41.5 Å². The first-order valence-corrected chi connectivity index (χ1v) is 7.97. The molecule has 0 N–H and O–H groups in total. The molecule has 1 aliphatic carbocycles. The van der Waals surface area contributed by atoms with E-state index in [0.717, 1.165) is 29.1 Å². The maximum atomic E-state index is 2.51. The van der Waals surface area contributed by atoms with Gasteiger partial charge in [-0.1, -0.05) is 67.2 Å². The van der Waals surface area contributed by atoms with Gasteiger partial charge in [-0.3, -0.25) is 0 Å². The van der Waals surface area contributed by atoms with Crippen molar-refractivity contribution in [3.63, 3.8) is 0 Å². The van der Waals surface area contributed by atoms with E-state index in [4.69, 9.17) is 0 Å². The summed E-state index contributed by atoms with van der Waals surface area (Å²) in [6, 6.07) is 0. The van der Waals surface area contributed by atoms with Crippen LogP contribution in [0.4, 0.5) is 0 Å². The molecule has 1 rings (SSSR count). The van der Waals surface area contributed by atoms with Crippen molar-refractivity contribution >= 4 is 0 Å². The molecular formula is C17H34. The van der Waals surface area contributed by atoms with Gasteiger partial charge in [-0.15, -0.1) is 0 Å². The van der Waals surface area contributed by atoms with Gasteiger partial charge in [-0.2, -0.15) is 0 Å². The Hall–Kier alpha value is 0. The first kappa shape index (κ1) is 15.1. The highest BCUT2D eigenvalue weighted by Crippen LogP contribution is 2.62. The summed E-state index contributed by atoms with van der Waals surface area (Å²) in [6.07, 6.45) is 8.59. The van der Waals surface area contributed by atoms with Crippen LogP contribution in [0.25, 0.3) is 0 Å². The average Bonchev–Trinajstić information content (AvgIpc) is 2.98. The number of hydrogen-bond acceptors (Lipinski definition) is 0. The summed E-state index contributed by atoms with van der Waals surface area (Å²) in [5.74, 6) is 3.76. The molecule has 0 heterocycles. The second-order valence-electron chi connectivity index (χ2n) is 6.92. The predicted octanol–water partition coefficient (Wildman–Crippen LogP) is 5.91. The van der Waals surface area contributed by atoms with Crippen LogP contribution in [0.2, 0.25) is 0 Å². The first-order chi connectivity index (χ1) is 7.97. The molecule has 1 saturated carbocycles. The zero-order valence-corrected chi connectivity index (χ0v) is 13.1. The van der Waals surface area contributed by atoms with Gasteiger partial charge in [0.1, 0.15) is 0 Å². The molecule has 0 radical (unpaired) electrons. The summed E-state index contributed by atoms with van der Waals surface area (Å²) in [5.41, 5.74) is 0.725. The summed E-state index contributed by atoms with van der Waals surface area (Å²) in [5, 5.41) is 0. The van der Waals surface area contributed by atoms with Crippen molar-refractivity contribution in [1.29, 1.82) is 0 Å². The maximum absolute atomic E-state index is 2.51. The van der Waals surface area contributed by atoms with Crippen LogP contribution < -0.4 is 0 Å². The van der Waals surface area contributed by atoms with Gasteiger partial charge in [0.05, 0.1) is 0 Å². The van der Waals surface area contributed by atoms with E-state index < -0.39 is 0 Å². The van der Waals surface area contributed by atoms with E-state index in [-0.39, 0.29) is 0 Å². The molecule has 1 aliphatic rings. The molecule has 1 fully saturated rings. The Kier molecular flexibility index (Phi) is 5.54. The standard InChI is InChI=1S/C17H34/c1-7-13(3)10-9-11-17(12-15(17)5)16(6)14(4)8-2/h13-16H,7-12H2,1-6H3. The zero-order chi connectivity index (χ0) is 13.1. The highest BCUT2D eigenvalue weighted by molar-refractivity contribution is 5.03. The Morgan fingerprint density at radius 1 is 1.12 bits per heavy atom. The molecule has 0 aromatic rings. The summed E-state index contributed by atoms with van der Waals surface area (Å²) < 4.78 is 0. The molecule has 102 valence electrons. The second kappa shape index (κ2) is 6.25. The van der Waals surface area contributed by atoms with Crippen molar-refractivity contribution in [2.45, 2.75) is 80.1 Å². The Balaban J connectivity index is 2.42. The molecule has 0 spiro atoms. The van der Waals surface area contributed by atoms with Crippen LogP contribution in [0.1, 0.15) is 80.1 Å². The molecule has 17 heavy (non-hydrogen) atoms. The molecule has 0 heteroatoms. The van der Waals surface area contributed by atoms with Crippen molar-refractivity contribution < 1.29 is 0 Å². The van der Waals surface area contributed by atoms with Gasteiger partial charge in [-0.05, 0) is 41.9 Å². The average molecular weight is 238 g/mol. The molecule has 5 unspecified atom stereocenters. The van der Waals surface area contributed by atoms with Gasteiger partial charge in [0, 0.05) is 0 Å². The molecular weight excluding hydrogens is 204 g/mol. The maximum Gasteiger partial charge on any atom is -0.0241 e. The van der Waals surface area contributed by atoms with E-state index in [1.165, 1.54) is 38.5 Å². The SMILES string of the molecule is CCC(C)CCCC1(C(C)C(C)CC)CC1C. The van der Waals surface area contributed by atoms with Crippen LogP contribution in [-0.2, 0) is 0 Å². The molecule has 0 amide bonds. The normalized spacial score (nSPS) is 33.2. The van der Waals surface area contributed by atoms with E-state index in [9.17, 15) is 0 Å². The van der Waals surface area contributed by atoms with E-state index >= 15 is 0 Å².